The van der Waals surface area contributed by atoms with Gasteiger partial charge in [-0.05, 0) is 31.4 Å². The third-order valence-corrected chi connectivity index (χ3v) is 2.09. The van der Waals surface area contributed by atoms with Crippen LogP contribution in [0.1, 0.15) is 18.5 Å². The van der Waals surface area contributed by atoms with E-state index in [0.717, 1.165) is 36.3 Å². The smallest absolute Gasteiger partial charge is 0.0638 e. The Morgan fingerprint density at radius 1 is 1.42 bits per heavy atom. The second kappa shape index (κ2) is 2.97. The molecule has 0 saturated heterocycles. The number of hydrogen-bond acceptors (Lipinski definition) is 2. The molecule has 0 spiro atoms. The van der Waals surface area contributed by atoms with Gasteiger partial charge in [-0.1, -0.05) is 6.58 Å². The standard InChI is InChI=1S/C10H12N2/c1-8-4-2-5-9-10(12-8)6-3-7-11-9/h3,6-7,12H,1-2,4-5H2. The maximum Gasteiger partial charge on any atom is 0.0638 e. The Hall–Kier alpha value is -1.31. The Labute approximate surface area is 72.3 Å². The summed E-state index contributed by atoms with van der Waals surface area (Å²) in [6, 6.07) is 4.00. The lowest BCUT2D eigenvalue weighted by Gasteiger charge is -2.06. The molecule has 62 valence electrons. The van der Waals surface area contributed by atoms with E-state index in [1.54, 1.807) is 0 Å². The fraction of sp³-hybridized carbons (Fsp3) is 0.300. The lowest BCUT2D eigenvalue weighted by Crippen LogP contribution is -1.97. The topological polar surface area (TPSA) is 24.9 Å². The van der Waals surface area contributed by atoms with Crippen molar-refractivity contribution in [3.05, 3.63) is 36.3 Å². The molecule has 2 nitrogen and oxygen atoms in total. The van der Waals surface area contributed by atoms with E-state index in [9.17, 15) is 0 Å². The van der Waals surface area contributed by atoms with Crippen LogP contribution >= 0.6 is 0 Å². The van der Waals surface area contributed by atoms with Gasteiger partial charge in [0.05, 0.1) is 11.4 Å². The van der Waals surface area contributed by atoms with E-state index in [2.05, 4.69) is 22.9 Å². The number of pyridine rings is 1. The molecule has 2 heterocycles. The third-order valence-electron chi connectivity index (χ3n) is 2.09. The average Bonchev–Trinajstić information content (AvgIpc) is 2.25. The van der Waals surface area contributed by atoms with Crippen molar-refractivity contribution in [2.45, 2.75) is 19.3 Å². The molecule has 2 heteroatoms. The minimum atomic E-state index is 1.05. The summed E-state index contributed by atoms with van der Waals surface area (Å²) in [5.41, 5.74) is 3.39. The minimum absolute atomic E-state index is 1.05. The second-order valence-electron chi connectivity index (χ2n) is 3.08. The number of nitrogens with one attached hydrogen (secondary N) is 1. The van der Waals surface area contributed by atoms with Gasteiger partial charge in [0.15, 0.2) is 0 Å². The van der Waals surface area contributed by atoms with Crippen LogP contribution in [-0.2, 0) is 6.42 Å². The summed E-state index contributed by atoms with van der Waals surface area (Å²) in [7, 11) is 0. The van der Waals surface area contributed by atoms with Crippen molar-refractivity contribution in [1.29, 1.82) is 0 Å². The Kier molecular flexibility index (Phi) is 1.82. The van der Waals surface area contributed by atoms with Crippen LogP contribution in [0.25, 0.3) is 0 Å². The van der Waals surface area contributed by atoms with Crippen molar-refractivity contribution < 1.29 is 0 Å². The maximum absolute atomic E-state index is 4.31. The van der Waals surface area contributed by atoms with Crippen molar-refractivity contribution in [3.63, 3.8) is 0 Å². The van der Waals surface area contributed by atoms with E-state index in [0.29, 0.717) is 0 Å². The van der Waals surface area contributed by atoms with Crippen LogP contribution in [0.5, 0.6) is 0 Å². The van der Waals surface area contributed by atoms with Crippen LogP contribution in [0.3, 0.4) is 0 Å². The molecule has 0 aromatic carbocycles. The predicted octanol–water partition coefficient (Wildman–Crippen LogP) is 2.34. The van der Waals surface area contributed by atoms with E-state index >= 15 is 0 Å². The van der Waals surface area contributed by atoms with Crippen LogP contribution in [-0.4, -0.2) is 4.98 Å². The Bertz CT molecular complexity index is 304. The number of rotatable bonds is 0. The molecule has 12 heavy (non-hydrogen) atoms. The predicted molar refractivity (Wildman–Crippen MR) is 49.9 cm³/mol. The molecule has 1 N–H and O–H groups in total. The SMILES string of the molecule is C=C1CCCc2ncccc2N1. The third kappa shape index (κ3) is 1.33. The van der Waals surface area contributed by atoms with Crippen molar-refractivity contribution in [2.24, 2.45) is 0 Å². The number of anilines is 1. The molecule has 1 aromatic heterocycles. The fourth-order valence-corrected chi connectivity index (χ4v) is 1.47. The van der Waals surface area contributed by atoms with Gasteiger partial charge in [0.2, 0.25) is 0 Å². The number of fused-ring (bicyclic) bond motifs is 1. The quantitative estimate of drug-likeness (QED) is 0.630. The first kappa shape index (κ1) is 7.35. The summed E-state index contributed by atoms with van der Waals surface area (Å²) in [5, 5.41) is 3.27. The lowest BCUT2D eigenvalue weighted by atomic mass is 10.2. The first-order valence-electron chi connectivity index (χ1n) is 4.25. The van der Waals surface area contributed by atoms with Crippen LogP contribution < -0.4 is 5.32 Å². The Morgan fingerprint density at radius 2 is 2.33 bits per heavy atom. The van der Waals surface area contributed by atoms with Gasteiger partial charge < -0.3 is 5.32 Å². The average molecular weight is 160 g/mol. The molecule has 0 amide bonds. The van der Waals surface area contributed by atoms with Crippen molar-refractivity contribution >= 4 is 5.69 Å². The van der Waals surface area contributed by atoms with Gasteiger partial charge in [-0.2, -0.15) is 0 Å². The number of nitrogens with zero attached hydrogens (tertiary/aromatic N) is 1. The van der Waals surface area contributed by atoms with Crippen LogP contribution in [0.15, 0.2) is 30.6 Å². The van der Waals surface area contributed by atoms with Gasteiger partial charge in [0, 0.05) is 11.9 Å². The highest BCUT2D eigenvalue weighted by Gasteiger charge is 2.08. The fourth-order valence-electron chi connectivity index (χ4n) is 1.47. The van der Waals surface area contributed by atoms with Gasteiger partial charge in [-0.25, -0.2) is 0 Å². The molecule has 0 saturated carbocycles. The molecule has 1 aliphatic heterocycles. The summed E-state index contributed by atoms with van der Waals surface area (Å²) < 4.78 is 0. The zero-order chi connectivity index (χ0) is 8.39. The maximum atomic E-state index is 4.31. The minimum Gasteiger partial charge on any atom is -0.358 e. The Balaban J connectivity index is 2.37. The summed E-state index contributed by atoms with van der Waals surface area (Å²) in [6.07, 6.45) is 5.10. The molecule has 1 aromatic rings. The second-order valence-corrected chi connectivity index (χ2v) is 3.08. The number of hydrogen-bond donors (Lipinski definition) is 1. The highest BCUT2D eigenvalue weighted by molar-refractivity contribution is 5.52. The lowest BCUT2D eigenvalue weighted by molar-refractivity contribution is 0.817. The summed E-state index contributed by atoms with van der Waals surface area (Å²) in [4.78, 5) is 4.31. The molecule has 0 radical (unpaired) electrons. The summed E-state index contributed by atoms with van der Waals surface area (Å²) in [6.45, 7) is 3.93. The van der Waals surface area contributed by atoms with Gasteiger partial charge in [0.25, 0.3) is 0 Å². The zero-order valence-electron chi connectivity index (χ0n) is 7.01. The van der Waals surface area contributed by atoms with E-state index in [1.807, 2.05) is 12.3 Å². The largest absolute Gasteiger partial charge is 0.358 e. The summed E-state index contributed by atoms with van der Waals surface area (Å²) >= 11 is 0. The monoisotopic (exact) mass is 160 g/mol. The number of allylic oxidation sites excluding steroid dienone is 1. The molecule has 0 atom stereocenters. The van der Waals surface area contributed by atoms with Crippen LogP contribution in [0.4, 0.5) is 5.69 Å². The van der Waals surface area contributed by atoms with E-state index in [4.69, 9.17) is 0 Å². The highest BCUT2D eigenvalue weighted by atomic mass is 14.9. The first-order chi connectivity index (χ1) is 5.86. The molecular formula is C10H12N2. The molecule has 2 rings (SSSR count). The Morgan fingerprint density at radius 3 is 3.25 bits per heavy atom. The van der Waals surface area contributed by atoms with Gasteiger partial charge in [-0.3, -0.25) is 4.98 Å². The van der Waals surface area contributed by atoms with Crippen molar-refractivity contribution in [3.8, 4) is 0 Å². The van der Waals surface area contributed by atoms with E-state index in [1.165, 1.54) is 0 Å². The van der Waals surface area contributed by atoms with Crippen LogP contribution in [0, 0.1) is 0 Å². The van der Waals surface area contributed by atoms with Gasteiger partial charge in [-0.15, -0.1) is 0 Å². The van der Waals surface area contributed by atoms with Gasteiger partial charge >= 0.3 is 0 Å². The van der Waals surface area contributed by atoms with Crippen LogP contribution in [0.2, 0.25) is 0 Å². The summed E-state index contributed by atoms with van der Waals surface area (Å²) in [5.74, 6) is 0. The molecule has 0 fully saturated rings. The molecule has 0 unspecified atom stereocenters. The van der Waals surface area contributed by atoms with Crippen molar-refractivity contribution in [1.82, 2.24) is 4.98 Å². The zero-order valence-corrected chi connectivity index (χ0v) is 7.01. The molecule has 0 bridgehead atoms. The van der Waals surface area contributed by atoms with E-state index in [-0.39, 0.29) is 0 Å². The van der Waals surface area contributed by atoms with Crippen molar-refractivity contribution in [2.75, 3.05) is 5.32 Å². The first-order valence-corrected chi connectivity index (χ1v) is 4.25. The number of aromatic nitrogens is 1. The molecule has 1 aliphatic rings. The molecule has 0 aliphatic carbocycles. The highest BCUT2D eigenvalue weighted by Crippen LogP contribution is 2.22. The van der Waals surface area contributed by atoms with E-state index < -0.39 is 0 Å². The molecular weight excluding hydrogens is 148 g/mol. The number of aryl methyl sites for hydroxylation is 1. The normalized spacial score (nSPS) is 16.2. The van der Waals surface area contributed by atoms with Gasteiger partial charge in [0.1, 0.15) is 0 Å².